The third kappa shape index (κ3) is 2.26. The van der Waals surface area contributed by atoms with Crippen LogP contribution in [0.2, 0.25) is 5.02 Å². The van der Waals surface area contributed by atoms with Gasteiger partial charge in [-0.05, 0) is 24.1 Å². The Bertz CT molecular complexity index is 541. The summed E-state index contributed by atoms with van der Waals surface area (Å²) in [5.74, 6) is -0.365. The molecule has 1 atom stereocenters. The van der Waals surface area contributed by atoms with Crippen LogP contribution in [0.3, 0.4) is 0 Å². The maximum atomic E-state index is 14.1. The highest BCUT2D eigenvalue weighted by atomic mass is 35.5. The summed E-state index contributed by atoms with van der Waals surface area (Å²) in [4.78, 5) is 0. The third-order valence-corrected chi connectivity index (χ3v) is 3.49. The Morgan fingerprint density at radius 3 is 2.39 bits per heavy atom. The van der Waals surface area contributed by atoms with Gasteiger partial charge in [0.2, 0.25) is 0 Å². The number of nitrogens with two attached hydrogens (primary N) is 1. The second kappa shape index (κ2) is 5.09. The van der Waals surface area contributed by atoms with Crippen molar-refractivity contribution in [1.29, 1.82) is 0 Å². The SMILES string of the molecule is CCC(N)(c1ccccc1)c1ccc(Cl)cc1F. The molecule has 3 heteroatoms. The topological polar surface area (TPSA) is 26.0 Å². The number of rotatable bonds is 3. The summed E-state index contributed by atoms with van der Waals surface area (Å²) >= 11 is 5.78. The molecular weight excluding hydrogens is 249 g/mol. The van der Waals surface area contributed by atoms with Gasteiger partial charge in [-0.25, -0.2) is 4.39 Å². The van der Waals surface area contributed by atoms with E-state index < -0.39 is 5.54 Å². The van der Waals surface area contributed by atoms with Crippen LogP contribution in [-0.2, 0) is 5.54 Å². The maximum Gasteiger partial charge on any atom is 0.130 e. The fourth-order valence-corrected chi connectivity index (χ4v) is 2.30. The average Bonchev–Trinajstić information content (AvgIpc) is 2.39. The van der Waals surface area contributed by atoms with Gasteiger partial charge in [-0.15, -0.1) is 0 Å². The number of benzene rings is 2. The van der Waals surface area contributed by atoms with Crippen molar-refractivity contribution >= 4 is 11.6 Å². The van der Waals surface area contributed by atoms with E-state index in [2.05, 4.69) is 0 Å². The largest absolute Gasteiger partial charge is 0.318 e. The maximum absolute atomic E-state index is 14.1. The molecule has 2 aromatic carbocycles. The molecule has 0 saturated heterocycles. The Balaban J connectivity index is 2.57. The van der Waals surface area contributed by atoms with E-state index in [1.165, 1.54) is 6.07 Å². The number of hydrogen-bond donors (Lipinski definition) is 1. The molecule has 2 aromatic rings. The molecule has 0 saturated carbocycles. The highest BCUT2D eigenvalue weighted by Gasteiger charge is 2.30. The van der Waals surface area contributed by atoms with E-state index in [1.807, 2.05) is 37.3 Å². The van der Waals surface area contributed by atoms with E-state index in [-0.39, 0.29) is 5.82 Å². The van der Waals surface area contributed by atoms with Crippen molar-refractivity contribution in [3.05, 3.63) is 70.5 Å². The van der Waals surface area contributed by atoms with Gasteiger partial charge in [0, 0.05) is 10.6 Å². The van der Waals surface area contributed by atoms with Crippen molar-refractivity contribution in [3.63, 3.8) is 0 Å². The van der Waals surface area contributed by atoms with Crippen LogP contribution in [0.25, 0.3) is 0 Å². The lowest BCUT2D eigenvalue weighted by Crippen LogP contribution is -2.38. The van der Waals surface area contributed by atoms with Crippen molar-refractivity contribution in [2.75, 3.05) is 0 Å². The number of halogens is 2. The molecule has 94 valence electrons. The fourth-order valence-electron chi connectivity index (χ4n) is 2.14. The normalized spacial score (nSPS) is 14.2. The molecule has 1 nitrogen and oxygen atoms in total. The zero-order chi connectivity index (χ0) is 13.2. The van der Waals surface area contributed by atoms with Crippen LogP contribution in [0.15, 0.2) is 48.5 Å². The summed E-state index contributed by atoms with van der Waals surface area (Å²) in [7, 11) is 0. The molecule has 0 fully saturated rings. The van der Waals surface area contributed by atoms with Gasteiger partial charge in [-0.2, -0.15) is 0 Å². The summed E-state index contributed by atoms with van der Waals surface area (Å²) < 4.78 is 14.1. The first-order chi connectivity index (χ1) is 8.58. The van der Waals surface area contributed by atoms with Gasteiger partial charge >= 0.3 is 0 Å². The van der Waals surface area contributed by atoms with Gasteiger partial charge in [0.05, 0.1) is 5.54 Å². The summed E-state index contributed by atoms with van der Waals surface area (Å²) in [5, 5.41) is 0.378. The molecular formula is C15H15ClFN. The first kappa shape index (κ1) is 13.1. The van der Waals surface area contributed by atoms with Crippen LogP contribution in [0.1, 0.15) is 24.5 Å². The van der Waals surface area contributed by atoms with E-state index in [0.717, 1.165) is 5.56 Å². The molecule has 0 radical (unpaired) electrons. The van der Waals surface area contributed by atoms with Crippen LogP contribution in [0.4, 0.5) is 4.39 Å². The van der Waals surface area contributed by atoms with Crippen LogP contribution in [0, 0.1) is 5.82 Å². The highest BCUT2D eigenvalue weighted by molar-refractivity contribution is 6.30. The zero-order valence-corrected chi connectivity index (χ0v) is 10.9. The summed E-state index contributed by atoms with van der Waals surface area (Å²) in [6, 6.07) is 14.2. The molecule has 18 heavy (non-hydrogen) atoms. The predicted octanol–water partition coefficient (Wildman–Crippen LogP) is 4.09. The molecule has 2 N–H and O–H groups in total. The van der Waals surface area contributed by atoms with Gasteiger partial charge in [-0.1, -0.05) is 54.9 Å². The summed E-state index contributed by atoms with van der Waals surface area (Å²) in [5.41, 5.74) is 6.95. The molecule has 2 rings (SSSR count). The molecule has 0 spiro atoms. The lowest BCUT2D eigenvalue weighted by molar-refractivity contribution is 0.479. The minimum Gasteiger partial charge on any atom is -0.318 e. The molecule has 0 bridgehead atoms. The molecule has 0 aliphatic rings. The Hall–Kier alpha value is -1.38. The Morgan fingerprint density at radius 2 is 1.83 bits per heavy atom. The fraction of sp³-hybridized carbons (Fsp3) is 0.200. The lowest BCUT2D eigenvalue weighted by Gasteiger charge is -2.30. The summed E-state index contributed by atoms with van der Waals surface area (Å²) in [6.45, 7) is 1.95. The molecule has 1 unspecified atom stereocenters. The molecule has 0 amide bonds. The van der Waals surface area contributed by atoms with E-state index in [4.69, 9.17) is 17.3 Å². The molecule has 0 aliphatic heterocycles. The monoisotopic (exact) mass is 263 g/mol. The van der Waals surface area contributed by atoms with Crippen molar-refractivity contribution in [2.24, 2.45) is 5.73 Å². The first-order valence-electron chi connectivity index (χ1n) is 5.88. The smallest absolute Gasteiger partial charge is 0.130 e. The van der Waals surface area contributed by atoms with E-state index in [9.17, 15) is 4.39 Å². The summed E-state index contributed by atoms with van der Waals surface area (Å²) in [6.07, 6.45) is 0.607. The van der Waals surface area contributed by atoms with Crippen LogP contribution >= 0.6 is 11.6 Å². The minimum atomic E-state index is -0.823. The zero-order valence-electron chi connectivity index (χ0n) is 10.2. The van der Waals surface area contributed by atoms with Gasteiger partial charge in [0.15, 0.2) is 0 Å². The average molecular weight is 264 g/mol. The number of hydrogen-bond acceptors (Lipinski definition) is 1. The molecule has 0 aliphatic carbocycles. The van der Waals surface area contributed by atoms with Crippen LogP contribution in [-0.4, -0.2) is 0 Å². The van der Waals surface area contributed by atoms with Crippen molar-refractivity contribution in [3.8, 4) is 0 Å². The molecule has 0 aromatic heterocycles. The van der Waals surface area contributed by atoms with E-state index in [1.54, 1.807) is 12.1 Å². The van der Waals surface area contributed by atoms with Crippen molar-refractivity contribution in [2.45, 2.75) is 18.9 Å². The lowest BCUT2D eigenvalue weighted by atomic mass is 9.81. The first-order valence-corrected chi connectivity index (χ1v) is 6.25. The van der Waals surface area contributed by atoms with Crippen LogP contribution in [0.5, 0.6) is 0 Å². The van der Waals surface area contributed by atoms with Gasteiger partial charge < -0.3 is 5.73 Å². The standard InChI is InChI=1S/C15H15ClFN/c1-2-15(18,11-6-4-3-5-7-11)13-9-8-12(16)10-14(13)17/h3-10H,2,18H2,1H3. The van der Waals surface area contributed by atoms with E-state index in [0.29, 0.717) is 17.0 Å². The van der Waals surface area contributed by atoms with Crippen LogP contribution < -0.4 is 5.73 Å². The van der Waals surface area contributed by atoms with Crippen molar-refractivity contribution in [1.82, 2.24) is 0 Å². The van der Waals surface area contributed by atoms with E-state index >= 15 is 0 Å². The third-order valence-electron chi connectivity index (χ3n) is 3.26. The Morgan fingerprint density at radius 1 is 1.17 bits per heavy atom. The van der Waals surface area contributed by atoms with Gasteiger partial charge in [0.1, 0.15) is 5.82 Å². The highest BCUT2D eigenvalue weighted by Crippen LogP contribution is 2.32. The Labute approximate surface area is 111 Å². The quantitative estimate of drug-likeness (QED) is 0.887. The molecule has 0 heterocycles. The van der Waals surface area contributed by atoms with Gasteiger partial charge in [-0.3, -0.25) is 0 Å². The predicted molar refractivity (Wildman–Crippen MR) is 73.1 cm³/mol. The van der Waals surface area contributed by atoms with Crippen molar-refractivity contribution < 1.29 is 4.39 Å². The second-order valence-corrected chi connectivity index (χ2v) is 4.75. The Kier molecular flexibility index (Phi) is 3.69. The second-order valence-electron chi connectivity index (χ2n) is 4.32. The van der Waals surface area contributed by atoms with Gasteiger partial charge in [0.25, 0.3) is 0 Å². The minimum absolute atomic E-state index is 0.365.